The lowest BCUT2D eigenvalue weighted by Crippen LogP contribution is -2.18. The van der Waals surface area contributed by atoms with Crippen molar-refractivity contribution in [2.45, 2.75) is 6.92 Å². The Labute approximate surface area is 212 Å². The van der Waals surface area contributed by atoms with Crippen molar-refractivity contribution in [3.05, 3.63) is 106 Å². The average Bonchev–Trinajstić information content (AvgIpc) is 2.85. The van der Waals surface area contributed by atoms with Gasteiger partial charge in [0.05, 0.1) is 29.0 Å². The number of ether oxygens (including phenoxy) is 2. The van der Waals surface area contributed by atoms with E-state index in [1.165, 1.54) is 18.3 Å². The minimum absolute atomic E-state index is 0.223. The molecule has 0 bridgehead atoms. The Morgan fingerprint density at radius 2 is 1.71 bits per heavy atom. The molecule has 0 fully saturated rings. The van der Waals surface area contributed by atoms with Crippen LogP contribution in [-0.2, 0) is 0 Å². The van der Waals surface area contributed by atoms with Gasteiger partial charge in [-0.05, 0) is 65.7 Å². The Balaban J connectivity index is 1.50. The average molecular weight is 507 g/mol. The van der Waals surface area contributed by atoms with Gasteiger partial charge in [-0.3, -0.25) is 4.79 Å². The topological polar surface area (TPSA) is 77.0 Å². The summed E-state index contributed by atoms with van der Waals surface area (Å²) in [5, 5.41) is 6.38. The van der Waals surface area contributed by atoms with Crippen LogP contribution in [0.25, 0.3) is 10.8 Å². The van der Waals surface area contributed by atoms with Crippen molar-refractivity contribution in [1.29, 1.82) is 0 Å². The van der Waals surface area contributed by atoms with E-state index in [-0.39, 0.29) is 16.3 Å². The van der Waals surface area contributed by atoms with Crippen molar-refractivity contribution >= 4 is 52.1 Å². The number of amides is 1. The lowest BCUT2D eigenvalue weighted by molar-refractivity contribution is 0.0730. The number of hydrogen-bond acceptors (Lipinski definition) is 5. The number of nitrogens with one attached hydrogen (secondary N) is 1. The largest absolute Gasteiger partial charge is 0.490 e. The molecule has 4 rings (SSSR count). The number of nitrogens with zero attached hydrogens (tertiary/aromatic N) is 1. The van der Waals surface area contributed by atoms with Crippen LogP contribution in [0.1, 0.15) is 33.2 Å². The van der Waals surface area contributed by atoms with E-state index in [1.807, 2.05) is 43.3 Å². The Kier molecular flexibility index (Phi) is 7.65. The zero-order valence-corrected chi connectivity index (χ0v) is 20.1. The molecule has 1 N–H and O–H groups in total. The van der Waals surface area contributed by atoms with Crippen molar-refractivity contribution in [3.8, 4) is 11.5 Å². The Hall–Kier alpha value is -3.87. The number of carbonyl (C=O) groups is 2. The summed E-state index contributed by atoms with van der Waals surface area (Å²) in [6.45, 7) is 2.19. The van der Waals surface area contributed by atoms with Gasteiger partial charge in [0.25, 0.3) is 5.91 Å². The number of benzene rings is 4. The highest BCUT2D eigenvalue weighted by molar-refractivity contribution is 6.36. The quantitative estimate of drug-likeness (QED) is 0.134. The summed E-state index contributed by atoms with van der Waals surface area (Å²) in [4.78, 5) is 25.2. The van der Waals surface area contributed by atoms with Gasteiger partial charge in [-0.1, -0.05) is 59.6 Å². The predicted molar refractivity (Wildman–Crippen MR) is 138 cm³/mol. The molecule has 6 nitrogen and oxygen atoms in total. The molecule has 0 atom stereocenters. The first kappa shape index (κ1) is 24.3. The van der Waals surface area contributed by atoms with Crippen LogP contribution in [0, 0.1) is 0 Å². The number of hydrazone groups is 1. The highest BCUT2D eigenvalue weighted by Crippen LogP contribution is 2.30. The molecule has 0 saturated heterocycles. The van der Waals surface area contributed by atoms with Gasteiger partial charge in [-0.25, -0.2) is 10.2 Å². The van der Waals surface area contributed by atoms with Crippen LogP contribution in [0.4, 0.5) is 0 Å². The van der Waals surface area contributed by atoms with E-state index in [0.717, 1.165) is 10.8 Å². The third-order valence-corrected chi connectivity index (χ3v) is 5.58. The van der Waals surface area contributed by atoms with Crippen molar-refractivity contribution in [2.75, 3.05) is 6.61 Å². The van der Waals surface area contributed by atoms with E-state index in [1.54, 1.807) is 30.3 Å². The van der Waals surface area contributed by atoms with Gasteiger partial charge >= 0.3 is 5.97 Å². The number of fused-ring (bicyclic) bond motifs is 1. The number of halogens is 2. The van der Waals surface area contributed by atoms with Crippen LogP contribution in [-0.4, -0.2) is 24.7 Å². The number of hydrogen-bond donors (Lipinski definition) is 1. The van der Waals surface area contributed by atoms with Gasteiger partial charge in [0, 0.05) is 5.02 Å². The maximum Gasteiger partial charge on any atom is 0.344 e. The van der Waals surface area contributed by atoms with Gasteiger partial charge in [0.1, 0.15) is 0 Å². The second-order valence-electron chi connectivity index (χ2n) is 7.38. The first-order chi connectivity index (χ1) is 17.0. The van der Waals surface area contributed by atoms with Crippen LogP contribution in [0.15, 0.2) is 84.0 Å². The fourth-order valence-corrected chi connectivity index (χ4v) is 3.91. The van der Waals surface area contributed by atoms with Gasteiger partial charge in [0.2, 0.25) is 0 Å². The molecule has 0 aliphatic rings. The van der Waals surface area contributed by atoms with E-state index < -0.39 is 11.9 Å². The van der Waals surface area contributed by atoms with Crippen LogP contribution in [0.2, 0.25) is 10.0 Å². The SMILES string of the molecule is CCOc1cc(/C=N\NC(=O)c2ccc(Cl)cc2Cl)ccc1OC(=O)c1cccc2ccccc12. The molecule has 176 valence electrons. The van der Waals surface area contributed by atoms with Crippen molar-refractivity contribution in [3.63, 3.8) is 0 Å². The molecule has 35 heavy (non-hydrogen) atoms. The highest BCUT2D eigenvalue weighted by atomic mass is 35.5. The Morgan fingerprint density at radius 1 is 0.914 bits per heavy atom. The van der Waals surface area contributed by atoms with Gasteiger partial charge in [-0.2, -0.15) is 5.10 Å². The predicted octanol–water partition coefficient (Wildman–Crippen LogP) is 6.53. The molecule has 0 aliphatic heterocycles. The maximum atomic E-state index is 12.9. The van der Waals surface area contributed by atoms with E-state index in [4.69, 9.17) is 32.7 Å². The first-order valence-electron chi connectivity index (χ1n) is 10.7. The smallest absolute Gasteiger partial charge is 0.344 e. The van der Waals surface area contributed by atoms with E-state index in [0.29, 0.717) is 28.5 Å². The summed E-state index contributed by atoms with van der Waals surface area (Å²) in [6, 6.07) is 22.6. The number of carbonyl (C=O) groups excluding carboxylic acids is 2. The van der Waals surface area contributed by atoms with Crippen LogP contribution < -0.4 is 14.9 Å². The zero-order valence-electron chi connectivity index (χ0n) is 18.6. The maximum absolute atomic E-state index is 12.9. The molecular weight excluding hydrogens is 487 g/mol. The summed E-state index contributed by atoms with van der Waals surface area (Å²) in [6.07, 6.45) is 1.44. The monoisotopic (exact) mass is 506 g/mol. The third-order valence-electron chi connectivity index (χ3n) is 5.04. The molecule has 4 aromatic rings. The number of rotatable bonds is 7. The molecule has 0 unspecified atom stereocenters. The van der Waals surface area contributed by atoms with Gasteiger partial charge in [0.15, 0.2) is 11.5 Å². The number of esters is 1. The van der Waals surface area contributed by atoms with E-state index >= 15 is 0 Å². The van der Waals surface area contributed by atoms with Crippen LogP contribution >= 0.6 is 23.2 Å². The van der Waals surface area contributed by atoms with E-state index in [2.05, 4.69) is 10.5 Å². The summed E-state index contributed by atoms with van der Waals surface area (Å²) >= 11 is 11.9. The molecule has 0 aliphatic carbocycles. The Morgan fingerprint density at radius 3 is 2.51 bits per heavy atom. The minimum atomic E-state index is -0.490. The van der Waals surface area contributed by atoms with Crippen LogP contribution in [0.3, 0.4) is 0 Å². The standard InChI is InChI=1S/C27H20Cl2N2O4/c1-2-34-25-14-17(16-30-31-26(32)22-12-11-19(28)15-23(22)29)10-13-24(25)35-27(33)21-9-5-7-18-6-3-4-8-20(18)21/h3-16H,2H2,1H3,(H,31,32)/b30-16-. The van der Waals surface area contributed by atoms with Gasteiger partial charge < -0.3 is 9.47 Å². The second-order valence-corrected chi connectivity index (χ2v) is 8.22. The van der Waals surface area contributed by atoms with Gasteiger partial charge in [-0.15, -0.1) is 0 Å². The van der Waals surface area contributed by atoms with Crippen molar-refractivity contribution in [2.24, 2.45) is 5.10 Å². The Bertz CT molecular complexity index is 1430. The second kappa shape index (κ2) is 11.0. The lowest BCUT2D eigenvalue weighted by atomic mass is 10.0. The molecule has 0 spiro atoms. The lowest BCUT2D eigenvalue weighted by Gasteiger charge is -2.12. The molecule has 1 amide bonds. The normalized spacial score (nSPS) is 10.9. The highest BCUT2D eigenvalue weighted by Gasteiger charge is 2.16. The van der Waals surface area contributed by atoms with Crippen LogP contribution in [0.5, 0.6) is 11.5 Å². The fraction of sp³-hybridized carbons (Fsp3) is 0.0741. The molecule has 0 aromatic heterocycles. The molecule has 4 aromatic carbocycles. The third kappa shape index (κ3) is 5.80. The summed E-state index contributed by atoms with van der Waals surface area (Å²) < 4.78 is 11.3. The molecule has 0 saturated carbocycles. The molecule has 0 heterocycles. The minimum Gasteiger partial charge on any atom is -0.490 e. The summed E-state index contributed by atoms with van der Waals surface area (Å²) in [7, 11) is 0. The summed E-state index contributed by atoms with van der Waals surface area (Å²) in [5.41, 5.74) is 3.75. The first-order valence-corrected chi connectivity index (χ1v) is 11.5. The zero-order chi connectivity index (χ0) is 24.8. The molecule has 0 radical (unpaired) electrons. The molecular formula is C27H20Cl2N2O4. The fourth-order valence-electron chi connectivity index (χ4n) is 3.42. The van der Waals surface area contributed by atoms with Crippen molar-refractivity contribution in [1.82, 2.24) is 5.43 Å². The van der Waals surface area contributed by atoms with E-state index in [9.17, 15) is 9.59 Å². The molecule has 8 heteroatoms. The van der Waals surface area contributed by atoms with Crippen molar-refractivity contribution < 1.29 is 19.1 Å². The summed E-state index contributed by atoms with van der Waals surface area (Å²) in [5.74, 6) is -0.319.